The Labute approximate surface area is 182 Å². The Morgan fingerprint density at radius 1 is 0.690 bits per heavy atom. The smallest absolute Gasteiger partial charge is 0.119 e. The topological polar surface area (TPSA) is 9.23 Å². The lowest BCUT2D eigenvalue weighted by Gasteiger charge is -2.31. The predicted molar refractivity (Wildman–Crippen MR) is 128 cm³/mol. The van der Waals surface area contributed by atoms with Gasteiger partial charge in [-0.3, -0.25) is 0 Å². The van der Waals surface area contributed by atoms with E-state index in [1.807, 2.05) is 0 Å². The van der Waals surface area contributed by atoms with Crippen LogP contribution in [0.5, 0.6) is 5.75 Å². The first-order valence-electron chi connectivity index (χ1n) is 13.0. The molecular weight excluding hydrogens is 352 g/mol. The van der Waals surface area contributed by atoms with E-state index in [2.05, 4.69) is 38.1 Å². The molecule has 0 radical (unpaired) electrons. The van der Waals surface area contributed by atoms with Crippen molar-refractivity contribution in [1.29, 1.82) is 0 Å². The monoisotopic (exact) mass is 400 g/mol. The molecule has 166 valence electrons. The van der Waals surface area contributed by atoms with Gasteiger partial charge in [-0.05, 0) is 55.2 Å². The minimum Gasteiger partial charge on any atom is -0.494 e. The van der Waals surface area contributed by atoms with Gasteiger partial charge < -0.3 is 4.74 Å². The van der Waals surface area contributed by atoms with E-state index >= 15 is 0 Å². The number of hydrogen-bond acceptors (Lipinski definition) is 1. The maximum atomic E-state index is 6.06. The van der Waals surface area contributed by atoms with E-state index in [-0.39, 0.29) is 0 Å². The molecule has 1 aromatic rings. The van der Waals surface area contributed by atoms with Crippen LogP contribution < -0.4 is 4.74 Å². The zero-order valence-corrected chi connectivity index (χ0v) is 19.6. The molecule has 1 aliphatic carbocycles. The lowest BCUT2D eigenvalue weighted by molar-refractivity contribution is 0.190. The van der Waals surface area contributed by atoms with Crippen molar-refractivity contribution in [2.75, 3.05) is 6.61 Å². The normalized spacial score (nSPS) is 19.4. The van der Waals surface area contributed by atoms with Crippen LogP contribution in [0, 0.1) is 11.8 Å². The average molecular weight is 401 g/mol. The average Bonchev–Trinajstić information content (AvgIpc) is 2.76. The van der Waals surface area contributed by atoms with Crippen molar-refractivity contribution in [3.05, 3.63) is 29.8 Å². The highest BCUT2D eigenvalue weighted by Crippen LogP contribution is 2.36. The van der Waals surface area contributed by atoms with Crippen molar-refractivity contribution >= 4 is 0 Å². The second-order valence-electron chi connectivity index (χ2n) is 9.45. The fourth-order valence-electron chi connectivity index (χ4n) is 5.10. The van der Waals surface area contributed by atoms with Gasteiger partial charge in [0.25, 0.3) is 0 Å². The molecule has 0 aliphatic heterocycles. The summed E-state index contributed by atoms with van der Waals surface area (Å²) in [6.45, 7) is 5.48. The molecule has 1 aliphatic rings. The van der Waals surface area contributed by atoms with Crippen LogP contribution in [0.25, 0.3) is 0 Å². The third kappa shape index (κ3) is 10.6. The van der Waals surface area contributed by atoms with Crippen molar-refractivity contribution in [1.82, 2.24) is 0 Å². The zero-order valence-electron chi connectivity index (χ0n) is 19.6. The Bertz CT molecular complexity index is 492. The van der Waals surface area contributed by atoms with Crippen molar-refractivity contribution < 1.29 is 4.74 Å². The minimum absolute atomic E-state index is 0.884. The molecule has 29 heavy (non-hydrogen) atoms. The van der Waals surface area contributed by atoms with Crippen LogP contribution in [0.4, 0.5) is 0 Å². The predicted octanol–water partition coefficient (Wildman–Crippen LogP) is 9.14. The summed E-state index contributed by atoms with van der Waals surface area (Å²) in [5, 5.41) is 0. The Balaban J connectivity index is 1.58. The molecule has 1 saturated carbocycles. The molecule has 0 bridgehead atoms. The lowest BCUT2D eigenvalue weighted by Crippen LogP contribution is -2.20. The first kappa shape index (κ1) is 24.3. The third-order valence-electron chi connectivity index (χ3n) is 6.98. The fourth-order valence-corrected chi connectivity index (χ4v) is 5.10. The maximum absolute atomic E-state index is 6.06. The van der Waals surface area contributed by atoms with Crippen LogP contribution in [0.15, 0.2) is 24.3 Å². The molecule has 0 N–H and O–H groups in total. The highest BCUT2D eigenvalue weighted by molar-refractivity contribution is 5.27. The Hall–Kier alpha value is -0.980. The van der Waals surface area contributed by atoms with E-state index in [4.69, 9.17) is 4.74 Å². The van der Waals surface area contributed by atoms with Crippen molar-refractivity contribution in [2.45, 2.75) is 123 Å². The molecule has 0 spiro atoms. The van der Waals surface area contributed by atoms with E-state index in [0.717, 1.165) is 24.2 Å². The summed E-state index contributed by atoms with van der Waals surface area (Å²) in [7, 11) is 0. The van der Waals surface area contributed by atoms with Gasteiger partial charge in [-0.2, -0.15) is 0 Å². The van der Waals surface area contributed by atoms with Gasteiger partial charge in [-0.25, -0.2) is 0 Å². The van der Waals surface area contributed by atoms with E-state index in [0.29, 0.717) is 0 Å². The van der Waals surface area contributed by atoms with Gasteiger partial charge in [-0.1, -0.05) is 109 Å². The second-order valence-corrected chi connectivity index (χ2v) is 9.45. The molecule has 2 rings (SSSR count). The van der Waals surface area contributed by atoms with Crippen LogP contribution in [0.3, 0.4) is 0 Å². The van der Waals surface area contributed by atoms with Crippen LogP contribution in [0.2, 0.25) is 0 Å². The molecule has 1 aromatic carbocycles. The minimum atomic E-state index is 0.884. The third-order valence-corrected chi connectivity index (χ3v) is 6.98. The summed E-state index contributed by atoms with van der Waals surface area (Å²) < 4.78 is 6.06. The molecule has 0 amide bonds. The first-order valence-corrected chi connectivity index (χ1v) is 13.0. The van der Waals surface area contributed by atoms with Gasteiger partial charge in [0.1, 0.15) is 5.75 Å². The number of ether oxygens (including phenoxy) is 1. The highest BCUT2D eigenvalue weighted by Gasteiger charge is 2.24. The van der Waals surface area contributed by atoms with Gasteiger partial charge >= 0.3 is 0 Å². The second kappa shape index (κ2) is 15.8. The van der Waals surface area contributed by atoms with Crippen LogP contribution in [-0.2, 0) is 6.42 Å². The highest BCUT2D eigenvalue weighted by atomic mass is 16.5. The Kier molecular flexibility index (Phi) is 13.2. The maximum Gasteiger partial charge on any atom is 0.119 e. The zero-order chi connectivity index (χ0) is 20.6. The summed E-state index contributed by atoms with van der Waals surface area (Å²) in [4.78, 5) is 0. The largest absolute Gasteiger partial charge is 0.494 e. The number of aryl methyl sites for hydroxylation is 1. The van der Waals surface area contributed by atoms with Gasteiger partial charge in [0.15, 0.2) is 0 Å². The van der Waals surface area contributed by atoms with E-state index in [1.165, 1.54) is 115 Å². The first-order chi connectivity index (χ1) is 14.3. The van der Waals surface area contributed by atoms with Gasteiger partial charge in [0, 0.05) is 0 Å². The molecular formula is C28H48O. The van der Waals surface area contributed by atoms with Crippen LogP contribution >= 0.6 is 0 Å². The standard InChI is InChI=1S/C28H48O/c1-3-5-7-8-9-11-15-25-20-22-28(23-21-25)29-24-14-19-27-18-13-12-17-26(27)16-10-6-4-2/h20-23,26-27H,3-19,24H2,1-2H3. The van der Waals surface area contributed by atoms with Gasteiger partial charge in [-0.15, -0.1) is 0 Å². The summed E-state index contributed by atoms with van der Waals surface area (Å²) in [5.74, 6) is 3.01. The molecule has 1 nitrogen and oxygen atoms in total. The number of rotatable bonds is 16. The Morgan fingerprint density at radius 2 is 1.28 bits per heavy atom. The van der Waals surface area contributed by atoms with E-state index in [9.17, 15) is 0 Å². The number of benzene rings is 1. The molecule has 2 unspecified atom stereocenters. The van der Waals surface area contributed by atoms with Crippen molar-refractivity contribution in [3.63, 3.8) is 0 Å². The lowest BCUT2D eigenvalue weighted by atomic mass is 9.74. The summed E-state index contributed by atoms with van der Waals surface area (Å²) in [5.41, 5.74) is 1.46. The summed E-state index contributed by atoms with van der Waals surface area (Å²) in [6, 6.07) is 8.90. The fraction of sp³-hybridized carbons (Fsp3) is 0.786. The van der Waals surface area contributed by atoms with Crippen molar-refractivity contribution in [3.8, 4) is 5.75 Å². The molecule has 2 atom stereocenters. The van der Waals surface area contributed by atoms with E-state index in [1.54, 1.807) is 0 Å². The Morgan fingerprint density at radius 3 is 1.97 bits per heavy atom. The molecule has 0 aromatic heterocycles. The number of unbranched alkanes of at least 4 members (excludes halogenated alkanes) is 7. The van der Waals surface area contributed by atoms with Crippen LogP contribution in [0.1, 0.15) is 122 Å². The summed E-state index contributed by atoms with van der Waals surface area (Å²) >= 11 is 0. The van der Waals surface area contributed by atoms with E-state index < -0.39 is 0 Å². The van der Waals surface area contributed by atoms with Crippen LogP contribution in [-0.4, -0.2) is 6.61 Å². The van der Waals surface area contributed by atoms with Gasteiger partial charge in [0.2, 0.25) is 0 Å². The molecule has 1 heteroatoms. The number of hydrogen-bond donors (Lipinski definition) is 0. The molecule has 1 fully saturated rings. The quantitative estimate of drug-likeness (QED) is 0.251. The molecule has 0 saturated heterocycles. The SMILES string of the molecule is CCCCCCCCc1ccc(OCCCC2CCCCC2CCCCC)cc1. The van der Waals surface area contributed by atoms with Crippen molar-refractivity contribution in [2.24, 2.45) is 11.8 Å². The summed E-state index contributed by atoms with van der Waals surface area (Å²) in [6.07, 6.45) is 23.6. The molecule has 0 heterocycles. The van der Waals surface area contributed by atoms with Gasteiger partial charge in [0.05, 0.1) is 6.61 Å².